The molecule has 0 aromatic carbocycles. The van der Waals surface area contributed by atoms with Gasteiger partial charge in [-0.1, -0.05) is 13.0 Å². The zero-order valence-corrected chi connectivity index (χ0v) is 7.56. The van der Waals surface area contributed by atoms with E-state index >= 15 is 0 Å². The maximum atomic E-state index is 9.53. The third-order valence-corrected chi connectivity index (χ3v) is 1.79. The second-order valence-electron chi connectivity index (χ2n) is 3.10. The minimum Gasteiger partial charge on any atom is -0.389 e. The smallest absolute Gasteiger partial charge is 0.0740 e. The van der Waals surface area contributed by atoms with Gasteiger partial charge in [0, 0.05) is 6.54 Å². The van der Waals surface area contributed by atoms with Crippen molar-refractivity contribution in [2.45, 2.75) is 32.3 Å². The molecule has 0 heterocycles. The maximum absolute atomic E-state index is 9.53. The van der Waals surface area contributed by atoms with Gasteiger partial charge in [-0.05, 0) is 26.3 Å². The zero-order valence-electron chi connectivity index (χ0n) is 7.56. The summed E-state index contributed by atoms with van der Waals surface area (Å²) in [6, 6.07) is 0. The van der Waals surface area contributed by atoms with Crippen molar-refractivity contribution < 1.29 is 5.11 Å². The molecule has 0 saturated carbocycles. The first-order chi connectivity index (χ1) is 5.12. The lowest BCUT2D eigenvalue weighted by atomic mass is 10.0. The lowest BCUT2D eigenvalue weighted by Crippen LogP contribution is -2.37. The van der Waals surface area contributed by atoms with E-state index in [4.69, 9.17) is 0 Å². The summed E-state index contributed by atoms with van der Waals surface area (Å²) in [7, 11) is 0. The highest BCUT2D eigenvalue weighted by atomic mass is 16.3. The van der Waals surface area contributed by atoms with Crippen LogP contribution in [0.3, 0.4) is 0 Å². The first kappa shape index (κ1) is 10.7. The Morgan fingerprint density at radius 3 is 2.73 bits per heavy atom. The fourth-order valence-corrected chi connectivity index (χ4v) is 0.687. The summed E-state index contributed by atoms with van der Waals surface area (Å²) in [6.07, 6.45) is 3.61. The maximum Gasteiger partial charge on any atom is 0.0740 e. The molecule has 0 bridgehead atoms. The predicted octanol–water partition coefficient (Wildman–Crippen LogP) is 1.31. The van der Waals surface area contributed by atoms with Gasteiger partial charge in [0.05, 0.1) is 5.60 Å². The van der Waals surface area contributed by atoms with Gasteiger partial charge in [-0.25, -0.2) is 0 Å². The Balaban J connectivity index is 3.29. The van der Waals surface area contributed by atoms with Crippen LogP contribution in [0.1, 0.15) is 26.7 Å². The van der Waals surface area contributed by atoms with Gasteiger partial charge in [0.25, 0.3) is 0 Å². The van der Waals surface area contributed by atoms with Crippen LogP contribution < -0.4 is 5.32 Å². The van der Waals surface area contributed by atoms with Crippen LogP contribution in [0.2, 0.25) is 0 Å². The van der Waals surface area contributed by atoms with E-state index in [1.807, 2.05) is 19.9 Å². The second-order valence-corrected chi connectivity index (χ2v) is 3.10. The molecule has 0 aliphatic heterocycles. The highest BCUT2D eigenvalue weighted by molar-refractivity contribution is 4.74. The minimum atomic E-state index is -0.554. The zero-order chi connectivity index (χ0) is 8.74. The van der Waals surface area contributed by atoms with Crippen LogP contribution in [-0.2, 0) is 0 Å². The molecule has 1 atom stereocenters. The van der Waals surface area contributed by atoms with Gasteiger partial charge >= 0.3 is 0 Å². The van der Waals surface area contributed by atoms with Crippen LogP contribution >= 0.6 is 0 Å². The average molecular weight is 157 g/mol. The molecule has 0 aromatic heterocycles. The summed E-state index contributed by atoms with van der Waals surface area (Å²) in [4.78, 5) is 0. The number of rotatable bonds is 6. The minimum absolute atomic E-state index is 0.554. The van der Waals surface area contributed by atoms with Gasteiger partial charge in [0.15, 0.2) is 0 Å². The van der Waals surface area contributed by atoms with Gasteiger partial charge in [0.2, 0.25) is 0 Å². The van der Waals surface area contributed by atoms with Crippen molar-refractivity contribution in [2.75, 3.05) is 13.1 Å². The number of hydrogen-bond donors (Lipinski definition) is 2. The fraction of sp³-hybridized carbons (Fsp3) is 0.778. The number of hydrogen-bond acceptors (Lipinski definition) is 2. The van der Waals surface area contributed by atoms with Crippen molar-refractivity contribution in [3.8, 4) is 0 Å². The summed E-state index contributed by atoms with van der Waals surface area (Å²) in [5.74, 6) is 0. The van der Waals surface area contributed by atoms with E-state index in [0.29, 0.717) is 6.54 Å². The molecule has 66 valence electrons. The highest BCUT2D eigenvalue weighted by Gasteiger charge is 2.15. The van der Waals surface area contributed by atoms with Crippen molar-refractivity contribution in [3.63, 3.8) is 0 Å². The van der Waals surface area contributed by atoms with Crippen LogP contribution in [-0.4, -0.2) is 23.8 Å². The van der Waals surface area contributed by atoms with Gasteiger partial charge < -0.3 is 10.4 Å². The molecule has 0 fully saturated rings. The first-order valence-corrected chi connectivity index (χ1v) is 4.16. The van der Waals surface area contributed by atoms with Crippen molar-refractivity contribution in [1.82, 2.24) is 5.32 Å². The molecule has 0 amide bonds. The van der Waals surface area contributed by atoms with E-state index < -0.39 is 5.60 Å². The number of nitrogens with one attached hydrogen (secondary N) is 1. The monoisotopic (exact) mass is 157 g/mol. The summed E-state index contributed by atoms with van der Waals surface area (Å²) in [5, 5.41) is 12.7. The van der Waals surface area contributed by atoms with Crippen LogP contribution in [0, 0.1) is 0 Å². The third-order valence-electron chi connectivity index (χ3n) is 1.79. The second kappa shape index (κ2) is 5.33. The molecule has 0 aromatic rings. The van der Waals surface area contributed by atoms with Crippen LogP contribution in [0.25, 0.3) is 0 Å². The average Bonchev–Trinajstić information content (AvgIpc) is 1.99. The molecule has 0 spiro atoms. The standard InChI is InChI=1S/C9H19NO/c1-4-6-7-10-8-9(3,11)5-2/h4,10-11H,1,5-8H2,2-3H3. The molecular weight excluding hydrogens is 138 g/mol. The number of aliphatic hydroxyl groups is 1. The van der Waals surface area contributed by atoms with E-state index in [1.54, 1.807) is 0 Å². The molecular formula is C9H19NO. The van der Waals surface area contributed by atoms with Crippen molar-refractivity contribution in [1.29, 1.82) is 0 Å². The highest BCUT2D eigenvalue weighted by Crippen LogP contribution is 2.05. The Kier molecular flexibility index (Phi) is 5.16. The molecule has 2 heteroatoms. The summed E-state index contributed by atoms with van der Waals surface area (Å²) >= 11 is 0. The largest absolute Gasteiger partial charge is 0.389 e. The van der Waals surface area contributed by atoms with E-state index in [1.165, 1.54) is 0 Å². The summed E-state index contributed by atoms with van der Waals surface area (Å²) < 4.78 is 0. The van der Waals surface area contributed by atoms with Crippen LogP contribution in [0.4, 0.5) is 0 Å². The van der Waals surface area contributed by atoms with Crippen molar-refractivity contribution >= 4 is 0 Å². The third kappa shape index (κ3) is 6.07. The van der Waals surface area contributed by atoms with Crippen LogP contribution in [0.5, 0.6) is 0 Å². The van der Waals surface area contributed by atoms with Crippen molar-refractivity contribution in [3.05, 3.63) is 12.7 Å². The summed E-state index contributed by atoms with van der Waals surface area (Å²) in [6.45, 7) is 9.00. The van der Waals surface area contributed by atoms with E-state index in [0.717, 1.165) is 19.4 Å². The fourth-order valence-electron chi connectivity index (χ4n) is 0.687. The van der Waals surface area contributed by atoms with Gasteiger partial charge in [-0.2, -0.15) is 0 Å². The molecule has 0 aliphatic carbocycles. The molecule has 0 saturated heterocycles. The molecule has 2 N–H and O–H groups in total. The van der Waals surface area contributed by atoms with E-state index in [-0.39, 0.29) is 0 Å². The quantitative estimate of drug-likeness (QED) is 0.450. The Bertz CT molecular complexity index is 110. The SMILES string of the molecule is C=CCCNCC(C)(O)CC. The van der Waals surface area contributed by atoms with Crippen LogP contribution in [0.15, 0.2) is 12.7 Å². The molecule has 0 rings (SSSR count). The summed E-state index contributed by atoms with van der Waals surface area (Å²) in [5.41, 5.74) is -0.554. The predicted molar refractivity (Wildman–Crippen MR) is 48.6 cm³/mol. The normalized spacial score (nSPS) is 15.9. The topological polar surface area (TPSA) is 32.3 Å². The van der Waals surface area contributed by atoms with Gasteiger partial charge in [0.1, 0.15) is 0 Å². The Hall–Kier alpha value is -0.340. The van der Waals surface area contributed by atoms with E-state index in [2.05, 4.69) is 11.9 Å². The Morgan fingerprint density at radius 2 is 2.27 bits per heavy atom. The molecule has 1 unspecified atom stereocenters. The lowest BCUT2D eigenvalue weighted by Gasteiger charge is -2.21. The lowest BCUT2D eigenvalue weighted by molar-refractivity contribution is 0.0562. The molecule has 2 nitrogen and oxygen atoms in total. The first-order valence-electron chi connectivity index (χ1n) is 4.16. The van der Waals surface area contributed by atoms with Gasteiger partial charge in [-0.15, -0.1) is 6.58 Å². The van der Waals surface area contributed by atoms with Gasteiger partial charge in [-0.3, -0.25) is 0 Å². The molecule has 0 radical (unpaired) electrons. The van der Waals surface area contributed by atoms with E-state index in [9.17, 15) is 5.11 Å². The Labute approximate surface area is 69.3 Å². The van der Waals surface area contributed by atoms with Crippen molar-refractivity contribution in [2.24, 2.45) is 0 Å². The molecule has 11 heavy (non-hydrogen) atoms. The Morgan fingerprint density at radius 1 is 1.64 bits per heavy atom. The molecule has 0 aliphatic rings.